The largest absolute Gasteiger partial charge is 0.327 e. The van der Waals surface area contributed by atoms with Crippen LogP contribution in [0.25, 0.3) is 0 Å². The van der Waals surface area contributed by atoms with Crippen LogP contribution < -0.4 is 5.73 Å². The molecule has 0 saturated carbocycles. The van der Waals surface area contributed by atoms with Crippen molar-refractivity contribution in [2.75, 3.05) is 0 Å². The van der Waals surface area contributed by atoms with Crippen molar-refractivity contribution in [3.63, 3.8) is 0 Å². The van der Waals surface area contributed by atoms with E-state index in [1.54, 1.807) is 6.33 Å². The molecule has 0 aliphatic heterocycles. The van der Waals surface area contributed by atoms with E-state index in [0.717, 1.165) is 31.6 Å². The lowest BCUT2D eigenvalue weighted by atomic mass is 9.92. The Morgan fingerprint density at radius 1 is 1.29 bits per heavy atom. The topological polar surface area (TPSA) is 56.7 Å². The van der Waals surface area contributed by atoms with Crippen LogP contribution in [0.3, 0.4) is 0 Å². The average molecular weight is 238 g/mol. The van der Waals surface area contributed by atoms with Gasteiger partial charge in [0.05, 0.1) is 0 Å². The van der Waals surface area contributed by atoms with Crippen molar-refractivity contribution in [2.24, 2.45) is 17.6 Å². The molecule has 0 spiro atoms. The third kappa shape index (κ3) is 4.11. The van der Waals surface area contributed by atoms with Gasteiger partial charge in [0.25, 0.3) is 0 Å². The summed E-state index contributed by atoms with van der Waals surface area (Å²) in [5.41, 5.74) is 6.25. The molecule has 0 aliphatic rings. The molecule has 1 atom stereocenters. The Bertz CT molecular complexity index is 315. The molecule has 1 heterocycles. The van der Waals surface area contributed by atoms with E-state index < -0.39 is 0 Å². The highest BCUT2D eigenvalue weighted by Gasteiger charge is 2.17. The molecule has 1 unspecified atom stereocenters. The second kappa shape index (κ2) is 6.74. The van der Waals surface area contributed by atoms with Gasteiger partial charge < -0.3 is 5.73 Å². The van der Waals surface area contributed by atoms with Crippen LogP contribution in [-0.2, 0) is 13.0 Å². The van der Waals surface area contributed by atoms with Gasteiger partial charge in [-0.05, 0) is 11.8 Å². The van der Waals surface area contributed by atoms with Crippen LogP contribution >= 0.6 is 0 Å². The van der Waals surface area contributed by atoms with Crippen LogP contribution in [0.4, 0.5) is 0 Å². The van der Waals surface area contributed by atoms with Gasteiger partial charge in [0.2, 0.25) is 0 Å². The third-order valence-electron chi connectivity index (χ3n) is 3.31. The predicted octanol–water partition coefficient (Wildman–Crippen LogP) is 2.24. The Hall–Kier alpha value is -0.900. The number of rotatable bonds is 7. The molecular formula is C13H26N4. The minimum Gasteiger partial charge on any atom is -0.327 e. The number of hydrogen-bond acceptors (Lipinski definition) is 3. The molecule has 4 nitrogen and oxygen atoms in total. The molecule has 1 aromatic rings. The maximum Gasteiger partial charge on any atom is 0.138 e. The van der Waals surface area contributed by atoms with Gasteiger partial charge in [0.1, 0.15) is 12.2 Å². The summed E-state index contributed by atoms with van der Waals surface area (Å²) in [6.07, 6.45) is 4.74. The van der Waals surface area contributed by atoms with E-state index in [1.807, 2.05) is 4.68 Å². The Balaban J connectivity index is 2.64. The van der Waals surface area contributed by atoms with Crippen molar-refractivity contribution in [1.29, 1.82) is 0 Å². The minimum atomic E-state index is 0.195. The smallest absolute Gasteiger partial charge is 0.138 e. The lowest BCUT2D eigenvalue weighted by molar-refractivity contribution is 0.376. The van der Waals surface area contributed by atoms with Crippen LogP contribution in [0.2, 0.25) is 0 Å². The van der Waals surface area contributed by atoms with E-state index in [-0.39, 0.29) is 6.04 Å². The fourth-order valence-electron chi connectivity index (χ4n) is 2.22. The van der Waals surface area contributed by atoms with E-state index in [0.29, 0.717) is 11.8 Å². The van der Waals surface area contributed by atoms with E-state index in [1.165, 1.54) is 0 Å². The molecule has 17 heavy (non-hydrogen) atoms. The second-order valence-corrected chi connectivity index (χ2v) is 5.20. The van der Waals surface area contributed by atoms with Crippen molar-refractivity contribution in [2.45, 2.75) is 59.5 Å². The highest BCUT2D eigenvalue weighted by molar-refractivity contribution is 4.91. The van der Waals surface area contributed by atoms with Crippen molar-refractivity contribution >= 4 is 0 Å². The number of hydrogen-bond donors (Lipinski definition) is 1. The molecule has 4 heteroatoms. The Morgan fingerprint density at radius 2 is 1.94 bits per heavy atom. The summed E-state index contributed by atoms with van der Waals surface area (Å²) < 4.78 is 1.99. The molecule has 0 fully saturated rings. The summed E-state index contributed by atoms with van der Waals surface area (Å²) in [7, 11) is 0. The molecule has 0 aromatic carbocycles. The normalized spacial score (nSPS) is 13.6. The standard InChI is InChI=1S/C13H26N4/c1-5-11(6-2)12(14)7-13-15-9-16-17(13)8-10(3)4/h9-12H,5-8,14H2,1-4H3. The summed E-state index contributed by atoms with van der Waals surface area (Å²) in [4.78, 5) is 4.33. The van der Waals surface area contributed by atoms with Crippen LogP contribution in [-0.4, -0.2) is 20.8 Å². The molecule has 0 aliphatic carbocycles. The summed E-state index contributed by atoms with van der Waals surface area (Å²) >= 11 is 0. The predicted molar refractivity (Wildman–Crippen MR) is 70.6 cm³/mol. The maximum absolute atomic E-state index is 6.25. The van der Waals surface area contributed by atoms with Crippen LogP contribution in [0.1, 0.15) is 46.4 Å². The maximum atomic E-state index is 6.25. The molecule has 2 N–H and O–H groups in total. The summed E-state index contributed by atoms with van der Waals surface area (Å²) in [6, 6.07) is 0.195. The summed E-state index contributed by atoms with van der Waals surface area (Å²) in [5.74, 6) is 2.19. The quantitative estimate of drug-likeness (QED) is 0.792. The van der Waals surface area contributed by atoms with Crippen molar-refractivity contribution in [3.8, 4) is 0 Å². The van der Waals surface area contributed by atoms with E-state index in [9.17, 15) is 0 Å². The fraction of sp³-hybridized carbons (Fsp3) is 0.846. The lowest BCUT2D eigenvalue weighted by Gasteiger charge is -2.21. The second-order valence-electron chi connectivity index (χ2n) is 5.20. The summed E-state index contributed by atoms with van der Waals surface area (Å²) in [5, 5.41) is 4.27. The van der Waals surface area contributed by atoms with Gasteiger partial charge in [-0.3, -0.25) is 0 Å². The molecular weight excluding hydrogens is 212 g/mol. The van der Waals surface area contributed by atoms with Gasteiger partial charge in [-0.2, -0.15) is 5.10 Å². The van der Waals surface area contributed by atoms with E-state index in [2.05, 4.69) is 37.8 Å². The van der Waals surface area contributed by atoms with Gasteiger partial charge in [0, 0.05) is 19.0 Å². The molecule has 0 radical (unpaired) electrons. The summed E-state index contributed by atoms with van der Waals surface area (Å²) in [6.45, 7) is 9.70. The lowest BCUT2D eigenvalue weighted by Crippen LogP contribution is -2.33. The zero-order valence-corrected chi connectivity index (χ0v) is 11.6. The van der Waals surface area contributed by atoms with Crippen LogP contribution in [0.5, 0.6) is 0 Å². The first-order valence-electron chi connectivity index (χ1n) is 6.70. The highest BCUT2D eigenvalue weighted by Crippen LogP contribution is 2.15. The van der Waals surface area contributed by atoms with Gasteiger partial charge in [0.15, 0.2) is 0 Å². The molecule has 98 valence electrons. The minimum absolute atomic E-state index is 0.195. The van der Waals surface area contributed by atoms with Crippen LogP contribution in [0.15, 0.2) is 6.33 Å². The van der Waals surface area contributed by atoms with Gasteiger partial charge in [-0.25, -0.2) is 9.67 Å². The first-order valence-corrected chi connectivity index (χ1v) is 6.70. The van der Waals surface area contributed by atoms with Crippen LogP contribution in [0, 0.1) is 11.8 Å². The Labute approximate surface area is 105 Å². The van der Waals surface area contributed by atoms with E-state index in [4.69, 9.17) is 5.73 Å². The molecule has 0 amide bonds. The first-order chi connectivity index (χ1) is 8.08. The van der Waals surface area contributed by atoms with Crippen molar-refractivity contribution < 1.29 is 0 Å². The number of nitrogens with two attached hydrogens (primary N) is 1. The monoisotopic (exact) mass is 238 g/mol. The molecule has 0 bridgehead atoms. The number of aromatic nitrogens is 3. The average Bonchev–Trinajstić information content (AvgIpc) is 2.66. The third-order valence-corrected chi connectivity index (χ3v) is 3.31. The SMILES string of the molecule is CCC(CC)C(N)Cc1ncnn1CC(C)C. The molecule has 1 rings (SSSR count). The molecule has 1 aromatic heterocycles. The Morgan fingerprint density at radius 3 is 2.47 bits per heavy atom. The van der Waals surface area contributed by atoms with Crippen molar-refractivity contribution in [3.05, 3.63) is 12.2 Å². The first kappa shape index (κ1) is 14.2. The zero-order valence-electron chi connectivity index (χ0n) is 11.6. The molecule has 0 saturated heterocycles. The number of nitrogens with zero attached hydrogens (tertiary/aromatic N) is 3. The fourth-order valence-corrected chi connectivity index (χ4v) is 2.22. The van der Waals surface area contributed by atoms with E-state index >= 15 is 0 Å². The highest BCUT2D eigenvalue weighted by atomic mass is 15.3. The zero-order chi connectivity index (χ0) is 12.8. The van der Waals surface area contributed by atoms with Gasteiger partial charge in [-0.15, -0.1) is 0 Å². The Kier molecular flexibility index (Phi) is 5.62. The van der Waals surface area contributed by atoms with Crippen molar-refractivity contribution in [1.82, 2.24) is 14.8 Å². The van der Waals surface area contributed by atoms with Gasteiger partial charge >= 0.3 is 0 Å². The van der Waals surface area contributed by atoms with Gasteiger partial charge in [-0.1, -0.05) is 40.5 Å².